The third kappa shape index (κ3) is 3.95. The van der Waals surface area contributed by atoms with Gasteiger partial charge in [0.25, 0.3) is 0 Å². The molecule has 1 atom stereocenters. The lowest BCUT2D eigenvalue weighted by Gasteiger charge is -2.14. The summed E-state index contributed by atoms with van der Waals surface area (Å²) in [7, 11) is 0. The first-order valence-corrected chi connectivity index (χ1v) is 6.45. The molecule has 0 saturated heterocycles. The van der Waals surface area contributed by atoms with Crippen LogP contribution in [-0.4, -0.2) is 25.2 Å². The molecule has 0 bridgehead atoms. The minimum atomic E-state index is -0.268. The molecule has 1 aromatic carbocycles. The first-order valence-electron chi connectivity index (χ1n) is 6.45. The van der Waals surface area contributed by atoms with Crippen molar-refractivity contribution in [2.45, 2.75) is 31.8 Å². The van der Waals surface area contributed by atoms with Crippen molar-refractivity contribution in [1.29, 1.82) is 0 Å². The lowest BCUT2D eigenvalue weighted by atomic mass is 10.1. The van der Waals surface area contributed by atoms with E-state index in [-0.39, 0.29) is 12.1 Å². The van der Waals surface area contributed by atoms with Gasteiger partial charge in [-0.1, -0.05) is 24.6 Å². The molecule has 0 fully saturated rings. The molecular formula is C14H18N2O2. The van der Waals surface area contributed by atoms with Crippen LogP contribution in [-0.2, 0) is 4.74 Å². The van der Waals surface area contributed by atoms with Gasteiger partial charge in [0.15, 0.2) is 0 Å². The van der Waals surface area contributed by atoms with Crippen molar-refractivity contribution in [2.75, 3.05) is 13.1 Å². The van der Waals surface area contributed by atoms with Crippen molar-refractivity contribution >= 4 is 5.97 Å². The predicted octanol–water partition coefficient (Wildman–Crippen LogP) is 3.24. The van der Waals surface area contributed by atoms with Crippen molar-refractivity contribution in [2.24, 2.45) is 10.2 Å². The Hall–Kier alpha value is -1.71. The van der Waals surface area contributed by atoms with E-state index in [2.05, 4.69) is 10.2 Å². The summed E-state index contributed by atoms with van der Waals surface area (Å²) in [6.45, 7) is 1.28. The molecule has 18 heavy (non-hydrogen) atoms. The van der Waals surface area contributed by atoms with Crippen molar-refractivity contribution in [3.63, 3.8) is 0 Å². The summed E-state index contributed by atoms with van der Waals surface area (Å²) >= 11 is 0. The summed E-state index contributed by atoms with van der Waals surface area (Å²) in [5, 5.41) is 8.12. The molecule has 1 aliphatic rings. The van der Waals surface area contributed by atoms with E-state index in [1.165, 1.54) is 0 Å². The fourth-order valence-corrected chi connectivity index (χ4v) is 1.93. The van der Waals surface area contributed by atoms with Gasteiger partial charge in [-0.3, -0.25) is 0 Å². The Bertz CT molecular complexity index is 404. The van der Waals surface area contributed by atoms with Gasteiger partial charge in [0.1, 0.15) is 6.10 Å². The quantitative estimate of drug-likeness (QED) is 0.752. The molecule has 4 nitrogen and oxygen atoms in total. The Morgan fingerprint density at radius 2 is 1.94 bits per heavy atom. The number of esters is 1. The number of rotatable bonds is 2. The molecule has 1 unspecified atom stereocenters. The SMILES string of the molecule is O=C(OC1CCCCCN=NC1)c1ccccc1. The fourth-order valence-electron chi connectivity index (χ4n) is 1.93. The van der Waals surface area contributed by atoms with Gasteiger partial charge in [0.2, 0.25) is 0 Å². The molecule has 1 heterocycles. The van der Waals surface area contributed by atoms with Gasteiger partial charge in [-0.05, 0) is 31.4 Å². The highest BCUT2D eigenvalue weighted by Crippen LogP contribution is 2.12. The van der Waals surface area contributed by atoms with Gasteiger partial charge >= 0.3 is 5.97 Å². The van der Waals surface area contributed by atoms with Crippen LogP contribution in [0.4, 0.5) is 0 Å². The van der Waals surface area contributed by atoms with Gasteiger partial charge < -0.3 is 4.74 Å². The lowest BCUT2D eigenvalue weighted by Crippen LogP contribution is -2.21. The van der Waals surface area contributed by atoms with Crippen LogP contribution in [0.3, 0.4) is 0 Å². The molecule has 96 valence electrons. The summed E-state index contributed by atoms with van der Waals surface area (Å²) < 4.78 is 5.48. The second-order valence-corrected chi connectivity index (χ2v) is 4.43. The van der Waals surface area contributed by atoms with Crippen molar-refractivity contribution < 1.29 is 9.53 Å². The Kier molecular flexibility index (Phi) is 4.88. The molecule has 4 heteroatoms. The van der Waals surface area contributed by atoms with E-state index in [0.29, 0.717) is 12.1 Å². The van der Waals surface area contributed by atoms with Crippen LogP contribution in [0, 0.1) is 0 Å². The summed E-state index contributed by atoms with van der Waals surface area (Å²) in [4.78, 5) is 11.9. The third-order valence-corrected chi connectivity index (χ3v) is 2.95. The van der Waals surface area contributed by atoms with Gasteiger partial charge in [0.05, 0.1) is 18.7 Å². The zero-order valence-electron chi connectivity index (χ0n) is 10.4. The monoisotopic (exact) mass is 246 g/mol. The number of carbonyl (C=O) groups excluding carboxylic acids is 1. The molecule has 0 N–H and O–H groups in total. The summed E-state index contributed by atoms with van der Waals surface area (Å²) in [6, 6.07) is 9.07. The molecule has 1 aromatic rings. The highest BCUT2D eigenvalue weighted by molar-refractivity contribution is 5.89. The van der Waals surface area contributed by atoms with Gasteiger partial charge in [-0.25, -0.2) is 4.79 Å². The van der Waals surface area contributed by atoms with Crippen LogP contribution in [0.25, 0.3) is 0 Å². The molecule has 0 radical (unpaired) electrons. The minimum absolute atomic E-state index is 0.139. The number of hydrogen-bond donors (Lipinski definition) is 0. The maximum Gasteiger partial charge on any atom is 0.338 e. The molecule has 0 saturated carbocycles. The zero-order chi connectivity index (χ0) is 12.6. The highest BCUT2D eigenvalue weighted by Gasteiger charge is 2.16. The summed E-state index contributed by atoms with van der Waals surface area (Å²) in [5.41, 5.74) is 0.592. The molecule has 0 aromatic heterocycles. The standard InChI is InChI=1S/C14H18N2O2/c17-14(12-7-3-1-4-8-12)18-13-9-5-2-6-10-15-16-11-13/h1,3-4,7-8,13H,2,5-6,9-11H2. The molecule has 0 aliphatic carbocycles. The van der Waals surface area contributed by atoms with Crippen molar-refractivity contribution in [1.82, 2.24) is 0 Å². The zero-order valence-corrected chi connectivity index (χ0v) is 10.4. The Labute approximate surface area is 107 Å². The Morgan fingerprint density at radius 1 is 1.11 bits per heavy atom. The van der Waals surface area contributed by atoms with Crippen LogP contribution in [0.2, 0.25) is 0 Å². The molecule has 0 amide bonds. The Balaban J connectivity index is 1.92. The first kappa shape index (κ1) is 12.7. The van der Waals surface area contributed by atoms with Crippen LogP contribution >= 0.6 is 0 Å². The van der Waals surface area contributed by atoms with E-state index in [0.717, 1.165) is 32.2 Å². The summed E-state index contributed by atoms with van der Waals surface area (Å²) in [5.74, 6) is -0.268. The normalized spacial score (nSPS) is 20.6. The maximum absolute atomic E-state index is 11.9. The smallest absolute Gasteiger partial charge is 0.338 e. The Morgan fingerprint density at radius 3 is 2.78 bits per heavy atom. The number of carbonyl (C=O) groups is 1. The highest BCUT2D eigenvalue weighted by atomic mass is 16.5. The van der Waals surface area contributed by atoms with Gasteiger partial charge in [-0.15, -0.1) is 0 Å². The number of benzene rings is 1. The van der Waals surface area contributed by atoms with Crippen LogP contribution < -0.4 is 0 Å². The van der Waals surface area contributed by atoms with Gasteiger partial charge in [-0.2, -0.15) is 10.2 Å². The fraction of sp³-hybridized carbons (Fsp3) is 0.500. The molecule has 0 spiro atoms. The van der Waals surface area contributed by atoms with E-state index in [4.69, 9.17) is 4.74 Å². The average Bonchev–Trinajstić information content (AvgIpc) is 2.54. The van der Waals surface area contributed by atoms with E-state index >= 15 is 0 Å². The van der Waals surface area contributed by atoms with Crippen LogP contribution in [0.15, 0.2) is 40.6 Å². The van der Waals surface area contributed by atoms with Crippen LogP contribution in [0.5, 0.6) is 0 Å². The average molecular weight is 246 g/mol. The van der Waals surface area contributed by atoms with Crippen LogP contribution in [0.1, 0.15) is 36.0 Å². The van der Waals surface area contributed by atoms with E-state index < -0.39 is 0 Å². The minimum Gasteiger partial charge on any atom is -0.457 e. The molecule has 2 rings (SSSR count). The third-order valence-electron chi connectivity index (χ3n) is 2.95. The van der Waals surface area contributed by atoms with E-state index in [1.807, 2.05) is 18.2 Å². The number of hydrogen-bond acceptors (Lipinski definition) is 4. The topological polar surface area (TPSA) is 51.0 Å². The summed E-state index contributed by atoms with van der Waals surface area (Å²) in [6.07, 6.45) is 4.00. The maximum atomic E-state index is 11.9. The van der Waals surface area contributed by atoms with E-state index in [9.17, 15) is 4.79 Å². The predicted molar refractivity (Wildman–Crippen MR) is 68.7 cm³/mol. The second-order valence-electron chi connectivity index (χ2n) is 4.43. The van der Waals surface area contributed by atoms with E-state index in [1.54, 1.807) is 12.1 Å². The number of ether oxygens (including phenoxy) is 1. The molecule has 1 aliphatic heterocycles. The largest absolute Gasteiger partial charge is 0.457 e. The molecular weight excluding hydrogens is 228 g/mol. The number of nitrogens with zero attached hydrogens (tertiary/aromatic N) is 2. The van der Waals surface area contributed by atoms with Crippen molar-refractivity contribution in [3.05, 3.63) is 35.9 Å². The lowest BCUT2D eigenvalue weighted by molar-refractivity contribution is 0.0296. The second kappa shape index (κ2) is 6.89. The number of azo groups is 1. The first-order chi connectivity index (χ1) is 8.86. The van der Waals surface area contributed by atoms with Gasteiger partial charge in [0, 0.05) is 0 Å². The van der Waals surface area contributed by atoms with Crippen molar-refractivity contribution in [3.8, 4) is 0 Å².